The summed E-state index contributed by atoms with van der Waals surface area (Å²) in [5, 5.41) is 32.9. The van der Waals surface area contributed by atoms with Crippen LogP contribution in [0.2, 0.25) is 0 Å². The number of ether oxygens (including phenoxy) is 3. The number of aliphatic carboxylic acids is 1. The molecule has 4 heterocycles. The van der Waals surface area contributed by atoms with Crippen molar-refractivity contribution in [2.24, 2.45) is 5.10 Å². The number of amides is 5. The number of aromatic nitrogens is 1. The number of nitriles is 1. The van der Waals surface area contributed by atoms with Crippen molar-refractivity contribution in [2.75, 3.05) is 138 Å². The number of rotatable bonds is 37. The van der Waals surface area contributed by atoms with Crippen LogP contribution in [0.25, 0.3) is 10.9 Å². The van der Waals surface area contributed by atoms with Gasteiger partial charge in [0, 0.05) is 122 Å². The summed E-state index contributed by atoms with van der Waals surface area (Å²) in [6.07, 6.45) is 11.8. The number of hydrazone groups is 1. The monoisotopic (exact) mass is 1280 g/mol. The van der Waals surface area contributed by atoms with E-state index in [-0.39, 0.29) is 63.8 Å². The Balaban J connectivity index is 0.892. The molecule has 27 heteroatoms. The smallest absolute Gasteiger partial charge is 0.317 e. The van der Waals surface area contributed by atoms with Crippen molar-refractivity contribution in [3.8, 4) is 11.8 Å². The van der Waals surface area contributed by atoms with E-state index in [2.05, 4.69) is 60.6 Å². The van der Waals surface area contributed by atoms with Crippen LogP contribution in [-0.4, -0.2) is 255 Å². The van der Waals surface area contributed by atoms with Crippen molar-refractivity contribution >= 4 is 65.6 Å². The first kappa shape index (κ1) is 73.2. The molecule has 3 aliphatic heterocycles. The van der Waals surface area contributed by atoms with Gasteiger partial charge in [0.25, 0.3) is 18.9 Å². The van der Waals surface area contributed by atoms with E-state index < -0.39 is 35.7 Å². The summed E-state index contributed by atoms with van der Waals surface area (Å²) in [5.74, 6) is -1.57. The number of hydrogen-bond donors (Lipinski definition) is 5. The molecule has 0 spiro atoms. The van der Waals surface area contributed by atoms with E-state index in [4.69, 9.17) is 14.2 Å². The third kappa shape index (κ3) is 27.1. The van der Waals surface area contributed by atoms with Crippen LogP contribution in [0.1, 0.15) is 112 Å². The van der Waals surface area contributed by atoms with Crippen LogP contribution >= 0.6 is 0 Å². The van der Waals surface area contributed by atoms with E-state index in [0.29, 0.717) is 152 Å². The molecule has 0 radical (unpaired) electrons. The Morgan fingerprint density at radius 3 is 2.11 bits per heavy atom. The number of carbonyl (C=O) groups excluding carboxylic acids is 7. The molecule has 3 aliphatic rings. The number of piperazine rings is 1. The van der Waals surface area contributed by atoms with Crippen molar-refractivity contribution in [2.45, 2.75) is 122 Å². The predicted molar refractivity (Wildman–Crippen MR) is 342 cm³/mol. The molecular formula is C65H95FN14O12. The van der Waals surface area contributed by atoms with Gasteiger partial charge in [-0.2, -0.15) is 10.4 Å². The number of benzene rings is 2. The topological polar surface area (TPSA) is 304 Å². The number of nitrogens with zero attached hydrogens (tertiary/aromatic N) is 10. The highest BCUT2D eigenvalue weighted by Crippen LogP contribution is 2.30. The summed E-state index contributed by atoms with van der Waals surface area (Å²) in [7, 11) is 0. The molecule has 3 fully saturated rings. The Morgan fingerprint density at radius 1 is 0.761 bits per heavy atom. The van der Waals surface area contributed by atoms with Gasteiger partial charge in [0.2, 0.25) is 23.6 Å². The molecule has 3 saturated heterocycles. The second kappa shape index (κ2) is 40.2. The van der Waals surface area contributed by atoms with Gasteiger partial charge in [0.1, 0.15) is 37.1 Å². The minimum atomic E-state index is -1.66. The molecule has 504 valence electrons. The minimum absolute atomic E-state index is 0.00267. The summed E-state index contributed by atoms with van der Waals surface area (Å²) in [4.78, 5) is 117. The first-order valence-electron chi connectivity index (χ1n) is 32.3. The molecule has 92 heavy (non-hydrogen) atoms. The fourth-order valence-electron chi connectivity index (χ4n) is 11.3. The maximum atomic E-state index is 14.6. The van der Waals surface area contributed by atoms with Gasteiger partial charge in [-0.15, -0.1) is 0 Å². The second-order valence-electron chi connectivity index (χ2n) is 24.1. The summed E-state index contributed by atoms with van der Waals surface area (Å²) >= 11 is 0. The van der Waals surface area contributed by atoms with Crippen molar-refractivity contribution in [1.82, 2.24) is 60.7 Å². The van der Waals surface area contributed by atoms with Gasteiger partial charge in [0.15, 0.2) is 0 Å². The third-order valence-corrected chi connectivity index (χ3v) is 16.6. The van der Waals surface area contributed by atoms with Crippen LogP contribution in [0.5, 0.6) is 5.75 Å². The van der Waals surface area contributed by atoms with Crippen LogP contribution in [0.3, 0.4) is 0 Å². The Kier molecular flexibility index (Phi) is 31.9. The van der Waals surface area contributed by atoms with Gasteiger partial charge in [-0.1, -0.05) is 36.2 Å². The third-order valence-electron chi connectivity index (χ3n) is 16.6. The van der Waals surface area contributed by atoms with E-state index >= 15 is 0 Å². The lowest BCUT2D eigenvalue weighted by molar-refractivity contribution is -0.139. The number of unbranched alkanes of at least 4 members (excludes halogenated alkanes) is 5. The zero-order valence-electron chi connectivity index (χ0n) is 53.6. The highest BCUT2D eigenvalue weighted by molar-refractivity contribution is 6.07. The summed E-state index contributed by atoms with van der Waals surface area (Å²) in [6, 6.07) is 16.3. The van der Waals surface area contributed by atoms with Gasteiger partial charge in [-0.25, -0.2) is 4.39 Å². The van der Waals surface area contributed by atoms with E-state index in [1.54, 1.807) is 35.4 Å². The van der Waals surface area contributed by atoms with E-state index in [9.17, 15) is 53.1 Å². The summed E-state index contributed by atoms with van der Waals surface area (Å²) in [6.45, 7) is 11.3. The zero-order chi connectivity index (χ0) is 65.9. The minimum Gasteiger partial charge on any atom is -0.494 e. The number of likely N-dealkylation sites (tertiary alicyclic amines) is 1. The molecule has 1 unspecified atom stereocenters. The Hall–Kier alpha value is -7.90. The maximum absolute atomic E-state index is 14.6. The number of carboxylic acid groups (broad SMARTS) is 1. The molecule has 0 saturated carbocycles. The molecule has 26 nitrogen and oxygen atoms in total. The number of nitrogens with one attached hydrogen (secondary N) is 4. The average molecular weight is 1280 g/mol. The largest absolute Gasteiger partial charge is 0.494 e. The fraction of sp³-hybridized carbons (Fsp3) is 0.615. The molecule has 3 atom stereocenters. The molecule has 1 aromatic heterocycles. The molecule has 0 aliphatic carbocycles. The number of halogens is 1. The number of carboxylic acids is 1. The molecule has 6 rings (SSSR count). The van der Waals surface area contributed by atoms with Crippen molar-refractivity contribution in [3.63, 3.8) is 0 Å². The van der Waals surface area contributed by atoms with Gasteiger partial charge >= 0.3 is 5.97 Å². The standard InChI is InChI=1S/C65H95FN14O12/c1-51-16-18-52(19-17-51)12-11-14-59(83)69-23-8-6-13-58(72-60(84)44-75-27-28-76(45-63(87)88)30-32-78(48-91-50-82)34-33-77(31-29-75)47-90-49-81)73-71-24-7-4-3-5-15-61(85)79-37-35-74(36-38-79)26-9-10-39-92-54-20-21-57-56(40-54)55(22-25-68-57)64(89)70-43-62(86)80-46-65(2,66)41-53(80)42-67/h16-22,24-25,40,49-50,53,58,73H,3-15,23,26-39,41,43-48H2,1-2H3,(H,69,83)(H,70,89)(H,72,84)(H,87,88)/b71-24+/t53-,58-,65?/m1/s1. The highest BCUT2D eigenvalue weighted by Gasteiger charge is 2.43. The van der Waals surface area contributed by atoms with E-state index in [1.165, 1.54) is 29.1 Å². The molecule has 0 bridgehead atoms. The van der Waals surface area contributed by atoms with E-state index in [1.807, 2.05) is 32.6 Å². The van der Waals surface area contributed by atoms with Crippen LogP contribution in [0, 0.1) is 18.3 Å². The number of carbonyl (C=O) groups is 8. The lowest BCUT2D eigenvalue weighted by atomic mass is 10.1. The zero-order valence-corrected chi connectivity index (χ0v) is 53.6. The lowest BCUT2D eigenvalue weighted by Crippen LogP contribution is -2.51. The van der Waals surface area contributed by atoms with Gasteiger partial charge in [-0.05, 0) is 114 Å². The number of fused-ring (bicyclic) bond motifs is 1. The SMILES string of the molecule is Cc1ccc(CCCC(=O)NCCCC[C@@H](N/N=C/CCCCCC(=O)N2CCN(CCCCOc3ccc4nccc(C(=O)NCC(=O)N5CC(C)(F)C[C@@H]5C#N)c4c3)CC2)NC(=O)CN2CCN(COC=O)CCN(COC=O)CCN(CC(=O)O)CC2)cc1. The fourth-order valence-corrected chi connectivity index (χ4v) is 11.3. The average Bonchev–Trinajstić information content (AvgIpc) is 1.31. The number of pyridine rings is 1. The Labute approximate surface area is 539 Å². The summed E-state index contributed by atoms with van der Waals surface area (Å²) in [5.41, 5.74) is 4.75. The number of alkyl halides is 1. The normalized spacial score (nSPS) is 18.7. The highest BCUT2D eigenvalue weighted by atomic mass is 19.1. The maximum Gasteiger partial charge on any atom is 0.317 e. The van der Waals surface area contributed by atoms with Crippen molar-refractivity contribution < 1.29 is 62.1 Å². The first-order chi connectivity index (χ1) is 44.5. The van der Waals surface area contributed by atoms with E-state index in [0.717, 1.165) is 64.6 Å². The molecular weight excluding hydrogens is 1190 g/mol. The molecule has 5 amide bonds. The molecule has 5 N–H and O–H groups in total. The van der Waals surface area contributed by atoms with Gasteiger partial charge in [0.05, 0.1) is 49.9 Å². The first-order valence-corrected chi connectivity index (χ1v) is 32.3. The van der Waals surface area contributed by atoms with Crippen molar-refractivity contribution in [1.29, 1.82) is 5.26 Å². The Bertz CT molecular complexity index is 2890. The van der Waals surface area contributed by atoms with Gasteiger partial charge < -0.3 is 45.1 Å². The second-order valence-corrected chi connectivity index (χ2v) is 24.1. The lowest BCUT2D eigenvalue weighted by Gasteiger charge is -2.34. The number of aryl methyl sites for hydroxylation is 2. The van der Waals surface area contributed by atoms with Crippen LogP contribution in [0.15, 0.2) is 59.8 Å². The Morgan fingerprint density at radius 2 is 1.43 bits per heavy atom. The predicted octanol–water partition coefficient (Wildman–Crippen LogP) is 3.27. The molecule has 2 aromatic carbocycles. The van der Waals surface area contributed by atoms with Crippen LogP contribution in [-0.2, 0) is 49.5 Å². The van der Waals surface area contributed by atoms with Gasteiger partial charge in [-0.3, -0.25) is 73.3 Å². The number of hydrogen-bond acceptors (Lipinski definition) is 20. The van der Waals surface area contributed by atoms with Crippen LogP contribution in [0.4, 0.5) is 4.39 Å². The quantitative estimate of drug-likeness (QED) is 0.0182. The summed E-state index contributed by atoms with van der Waals surface area (Å²) < 4.78 is 30.7. The van der Waals surface area contributed by atoms with Crippen LogP contribution < -0.4 is 26.1 Å². The molecule has 3 aromatic rings. The van der Waals surface area contributed by atoms with Crippen molar-refractivity contribution in [3.05, 3.63) is 71.4 Å².